The number of nitrogens with zero attached hydrogens (tertiary/aromatic N) is 2. The van der Waals surface area contributed by atoms with Crippen LogP contribution in [0.3, 0.4) is 0 Å². The van der Waals surface area contributed by atoms with E-state index in [-0.39, 0.29) is 11.6 Å². The zero-order chi connectivity index (χ0) is 14.0. The molecule has 4 nitrogen and oxygen atoms in total. The molecule has 1 atom stereocenters. The van der Waals surface area contributed by atoms with Gasteiger partial charge in [-0.25, -0.2) is 0 Å². The third-order valence-corrected chi connectivity index (χ3v) is 5.50. The van der Waals surface area contributed by atoms with Crippen molar-refractivity contribution in [1.29, 1.82) is 0 Å². The molecule has 3 rings (SSSR count). The van der Waals surface area contributed by atoms with Crippen molar-refractivity contribution in [3.63, 3.8) is 0 Å². The van der Waals surface area contributed by atoms with Crippen LogP contribution < -0.4 is 0 Å². The Morgan fingerprint density at radius 3 is 2.10 bits per heavy atom. The number of hydrogen-bond donors (Lipinski definition) is 0. The van der Waals surface area contributed by atoms with Crippen LogP contribution in [-0.2, 0) is 9.53 Å². The van der Waals surface area contributed by atoms with Crippen LogP contribution in [0.5, 0.6) is 0 Å². The highest BCUT2D eigenvalue weighted by Crippen LogP contribution is 2.36. The fraction of sp³-hybridized carbons (Fsp3) is 0.938. The number of carbonyl (C=O) groups excluding carboxylic acids is 1. The summed E-state index contributed by atoms with van der Waals surface area (Å²) in [5, 5.41) is 0. The van der Waals surface area contributed by atoms with Crippen LogP contribution in [0.4, 0.5) is 0 Å². The van der Waals surface area contributed by atoms with Crippen molar-refractivity contribution in [3.05, 3.63) is 0 Å². The fourth-order valence-corrected chi connectivity index (χ4v) is 3.82. The van der Waals surface area contributed by atoms with Crippen LogP contribution in [0, 0.1) is 0 Å². The number of amides is 1. The Labute approximate surface area is 122 Å². The Morgan fingerprint density at radius 1 is 1.00 bits per heavy atom. The molecule has 3 fully saturated rings. The monoisotopic (exact) mass is 280 g/mol. The Kier molecular flexibility index (Phi) is 4.32. The highest BCUT2D eigenvalue weighted by atomic mass is 16.5. The van der Waals surface area contributed by atoms with Crippen molar-refractivity contribution in [2.75, 3.05) is 32.8 Å². The average Bonchev–Trinajstić information content (AvgIpc) is 2.73. The van der Waals surface area contributed by atoms with Gasteiger partial charge in [-0.2, -0.15) is 0 Å². The van der Waals surface area contributed by atoms with Gasteiger partial charge < -0.3 is 9.64 Å². The van der Waals surface area contributed by atoms with E-state index in [4.69, 9.17) is 4.74 Å². The molecule has 1 amide bonds. The van der Waals surface area contributed by atoms with Crippen molar-refractivity contribution in [2.45, 2.75) is 63.5 Å². The Balaban J connectivity index is 1.52. The molecule has 3 aliphatic heterocycles. The van der Waals surface area contributed by atoms with E-state index in [1.807, 2.05) is 0 Å². The number of carbonyl (C=O) groups is 1. The normalized spacial score (nSPS) is 28.8. The molecule has 0 radical (unpaired) electrons. The molecule has 0 N–H and O–H groups in total. The summed E-state index contributed by atoms with van der Waals surface area (Å²) in [6.07, 6.45) is 8.39. The minimum Gasteiger partial charge on any atom is -0.375 e. The van der Waals surface area contributed by atoms with Crippen molar-refractivity contribution in [1.82, 2.24) is 9.80 Å². The van der Waals surface area contributed by atoms with E-state index in [9.17, 15) is 4.79 Å². The molecule has 0 aliphatic carbocycles. The van der Waals surface area contributed by atoms with Gasteiger partial charge in [-0.3, -0.25) is 9.69 Å². The number of hydrogen-bond acceptors (Lipinski definition) is 3. The predicted octanol–water partition coefficient (Wildman–Crippen LogP) is 2.03. The van der Waals surface area contributed by atoms with Gasteiger partial charge in [0.1, 0.15) is 0 Å². The Hall–Kier alpha value is -0.610. The summed E-state index contributed by atoms with van der Waals surface area (Å²) in [5.74, 6) is 0.334. The maximum atomic E-state index is 12.7. The smallest absolute Gasteiger partial charge is 0.239 e. The first kappa shape index (κ1) is 14.3. The van der Waals surface area contributed by atoms with Gasteiger partial charge in [0.15, 0.2) is 0 Å². The molecule has 3 aliphatic rings. The third-order valence-electron chi connectivity index (χ3n) is 5.50. The van der Waals surface area contributed by atoms with E-state index in [0.717, 1.165) is 45.6 Å². The lowest BCUT2D eigenvalue weighted by molar-refractivity contribution is -0.177. The van der Waals surface area contributed by atoms with Crippen molar-refractivity contribution < 1.29 is 9.53 Å². The highest BCUT2D eigenvalue weighted by molar-refractivity contribution is 5.81. The second-order valence-electron chi connectivity index (χ2n) is 6.73. The first-order valence-corrected chi connectivity index (χ1v) is 8.37. The first-order valence-electron chi connectivity index (χ1n) is 8.37. The van der Waals surface area contributed by atoms with Crippen LogP contribution in [0.25, 0.3) is 0 Å². The predicted molar refractivity (Wildman–Crippen MR) is 78.6 cm³/mol. The number of ether oxygens (including phenoxy) is 1. The van der Waals surface area contributed by atoms with Gasteiger partial charge in [-0.05, 0) is 52.1 Å². The summed E-state index contributed by atoms with van der Waals surface area (Å²) in [4.78, 5) is 17.1. The van der Waals surface area contributed by atoms with E-state index in [0.29, 0.717) is 5.91 Å². The number of rotatable bonds is 2. The van der Waals surface area contributed by atoms with Gasteiger partial charge in [0.25, 0.3) is 0 Å². The van der Waals surface area contributed by atoms with E-state index in [2.05, 4.69) is 16.7 Å². The largest absolute Gasteiger partial charge is 0.375 e. The lowest BCUT2D eigenvalue weighted by Gasteiger charge is -2.48. The summed E-state index contributed by atoms with van der Waals surface area (Å²) in [5.41, 5.74) is 0.141. The Morgan fingerprint density at radius 2 is 1.60 bits per heavy atom. The van der Waals surface area contributed by atoms with Crippen LogP contribution in [0.1, 0.15) is 51.9 Å². The molecular formula is C16H28N2O2. The van der Waals surface area contributed by atoms with Crippen molar-refractivity contribution >= 4 is 5.91 Å². The second kappa shape index (κ2) is 6.02. The fourth-order valence-electron chi connectivity index (χ4n) is 3.82. The molecule has 4 heteroatoms. The van der Waals surface area contributed by atoms with Crippen molar-refractivity contribution in [3.8, 4) is 0 Å². The molecule has 0 aromatic carbocycles. The van der Waals surface area contributed by atoms with E-state index < -0.39 is 0 Å². The lowest BCUT2D eigenvalue weighted by Crippen LogP contribution is -2.56. The van der Waals surface area contributed by atoms with Crippen LogP contribution in [0.15, 0.2) is 0 Å². The first-order chi connectivity index (χ1) is 9.70. The maximum Gasteiger partial charge on any atom is 0.239 e. The van der Waals surface area contributed by atoms with Crippen LogP contribution in [0.2, 0.25) is 0 Å². The molecule has 0 aromatic heterocycles. The molecular weight excluding hydrogens is 252 g/mol. The molecule has 1 spiro atoms. The summed E-state index contributed by atoms with van der Waals surface area (Å²) in [6, 6.07) is 0.0597. The lowest BCUT2D eigenvalue weighted by atomic mass is 9.84. The van der Waals surface area contributed by atoms with E-state index in [1.54, 1.807) is 0 Å². The van der Waals surface area contributed by atoms with E-state index >= 15 is 0 Å². The average molecular weight is 280 g/mol. The zero-order valence-electron chi connectivity index (χ0n) is 12.8. The van der Waals surface area contributed by atoms with Gasteiger partial charge in [-0.15, -0.1) is 0 Å². The highest BCUT2D eigenvalue weighted by Gasteiger charge is 2.42. The summed E-state index contributed by atoms with van der Waals surface area (Å²) in [7, 11) is 0. The summed E-state index contributed by atoms with van der Waals surface area (Å²) in [6.45, 7) is 6.96. The van der Waals surface area contributed by atoms with Gasteiger partial charge in [0, 0.05) is 13.1 Å². The Bertz CT molecular complexity index is 336. The minimum absolute atomic E-state index is 0.0597. The molecule has 3 saturated heterocycles. The van der Waals surface area contributed by atoms with Crippen LogP contribution >= 0.6 is 0 Å². The molecule has 0 aromatic rings. The SMILES string of the molecule is C[C@H](C(=O)N1CCC2(CCO2)CC1)N1CCCCCC1. The molecule has 20 heavy (non-hydrogen) atoms. The van der Waals surface area contributed by atoms with Crippen molar-refractivity contribution in [2.24, 2.45) is 0 Å². The molecule has 0 bridgehead atoms. The van der Waals surface area contributed by atoms with Gasteiger partial charge >= 0.3 is 0 Å². The molecule has 3 heterocycles. The summed E-state index contributed by atoms with van der Waals surface area (Å²) < 4.78 is 5.73. The molecule has 0 unspecified atom stereocenters. The third kappa shape index (κ3) is 2.86. The number of piperidine rings is 1. The summed E-state index contributed by atoms with van der Waals surface area (Å²) >= 11 is 0. The maximum absolute atomic E-state index is 12.7. The van der Waals surface area contributed by atoms with E-state index in [1.165, 1.54) is 32.1 Å². The minimum atomic E-state index is 0.0597. The molecule has 114 valence electrons. The van der Waals surface area contributed by atoms with Gasteiger partial charge in [0.2, 0.25) is 5.91 Å². The topological polar surface area (TPSA) is 32.8 Å². The second-order valence-corrected chi connectivity index (χ2v) is 6.73. The number of likely N-dealkylation sites (tertiary alicyclic amines) is 2. The van der Waals surface area contributed by atoms with Gasteiger partial charge in [0.05, 0.1) is 18.2 Å². The molecule has 0 saturated carbocycles. The van der Waals surface area contributed by atoms with Gasteiger partial charge in [-0.1, -0.05) is 12.8 Å². The zero-order valence-corrected chi connectivity index (χ0v) is 12.8. The standard InChI is InChI=1S/C16H28N2O2/c1-14(17-9-4-2-3-5-10-17)15(19)18-11-6-16(7-12-18)8-13-20-16/h14H,2-13H2,1H3/t14-/m1/s1. The van der Waals surface area contributed by atoms with Crippen LogP contribution in [-0.4, -0.2) is 60.1 Å². The quantitative estimate of drug-likeness (QED) is 0.776.